The minimum Gasteiger partial charge on any atom is -0.326 e. The van der Waals surface area contributed by atoms with Crippen LogP contribution in [0.1, 0.15) is 52.5 Å². The lowest BCUT2D eigenvalue weighted by atomic mass is 9.86. The summed E-state index contributed by atoms with van der Waals surface area (Å²) >= 11 is 0. The lowest BCUT2D eigenvalue weighted by Crippen LogP contribution is -2.36. The number of fused-ring (bicyclic) bond motifs is 1. The lowest BCUT2D eigenvalue weighted by molar-refractivity contribution is -0.122. The van der Waals surface area contributed by atoms with Crippen LogP contribution in [0.4, 0.5) is 11.4 Å². The minimum absolute atomic E-state index is 0.100. The van der Waals surface area contributed by atoms with E-state index in [2.05, 4.69) is 12.2 Å². The van der Waals surface area contributed by atoms with E-state index in [1.807, 2.05) is 36.9 Å². The van der Waals surface area contributed by atoms with Crippen LogP contribution < -0.4 is 10.2 Å². The van der Waals surface area contributed by atoms with Crippen LogP contribution in [-0.4, -0.2) is 18.4 Å². The fourth-order valence-electron chi connectivity index (χ4n) is 2.86. The standard InChI is InChI=1S/C17H24N2O2/c1-5-6-7-10-19-15-9-8-13(18-12(2)20)11-14(15)17(3,4)16(19)21/h8-9,11H,5-7,10H2,1-4H3,(H,18,20). The van der Waals surface area contributed by atoms with Crippen LogP contribution in [-0.2, 0) is 15.0 Å². The molecule has 0 atom stereocenters. The third kappa shape index (κ3) is 2.94. The molecular formula is C17H24N2O2. The van der Waals surface area contributed by atoms with Gasteiger partial charge >= 0.3 is 0 Å². The Hall–Kier alpha value is -1.84. The van der Waals surface area contributed by atoms with E-state index in [9.17, 15) is 9.59 Å². The Morgan fingerprint density at radius 2 is 2.00 bits per heavy atom. The van der Waals surface area contributed by atoms with Gasteiger partial charge in [-0.15, -0.1) is 0 Å². The Labute approximate surface area is 126 Å². The molecule has 114 valence electrons. The minimum atomic E-state index is -0.532. The molecule has 1 aliphatic rings. The summed E-state index contributed by atoms with van der Waals surface area (Å²) in [5, 5.41) is 2.79. The molecule has 0 aliphatic carbocycles. The van der Waals surface area contributed by atoms with E-state index in [1.54, 1.807) is 0 Å². The van der Waals surface area contributed by atoms with Crippen molar-refractivity contribution in [3.8, 4) is 0 Å². The highest BCUT2D eigenvalue weighted by Gasteiger charge is 2.43. The average molecular weight is 288 g/mol. The number of nitrogens with one attached hydrogen (secondary N) is 1. The molecule has 0 unspecified atom stereocenters. The van der Waals surface area contributed by atoms with Crippen LogP contribution in [0.2, 0.25) is 0 Å². The van der Waals surface area contributed by atoms with Gasteiger partial charge in [-0.05, 0) is 44.0 Å². The van der Waals surface area contributed by atoms with Crippen molar-refractivity contribution in [2.24, 2.45) is 0 Å². The quantitative estimate of drug-likeness (QED) is 0.844. The number of amides is 2. The molecule has 1 aromatic carbocycles. The largest absolute Gasteiger partial charge is 0.326 e. The van der Waals surface area contributed by atoms with Crippen molar-refractivity contribution in [3.63, 3.8) is 0 Å². The number of rotatable bonds is 5. The normalized spacial score (nSPS) is 16.0. The molecule has 4 heteroatoms. The van der Waals surface area contributed by atoms with Gasteiger partial charge in [0.25, 0.3) is 0 Å². The number of hydrogen-bond donors (Lipinski definition) is 1. The Kier molecular flexibility index (Phi) is 4.35. The number of hydrogen-bond acceptors (Lipinski definition) is 2. The summed E-state index contributed by atoms with van der Waals surface area (Å²) in [6.45, 7) is 8.31. The lowest BCUT2D eigenvalue weighted by Gasteiger charge is -2.20. The molecule has 1 aromatic rings. The third-order valence-corrected chi connectivity index (χ3v) is 4.05. The molecule has 1 aliphatic heterocycles. The van der Waals surface area contributed by atoms with Gasteiger partial charge in [0.2, 0.25) is 11.8 Å². The molecule has 4 nitrogen and oxygen atoms in total. The van der Waals surface area contributed by atoms with Crippen LogP contribution in [0.5, 0.6) is 0 Å². The van der Waals surface area contributed by atoms with Gasteiger partial charge in [0.1, 0.15) is 0 Å². The highest BCUT2D eigenvalue weighted by Crippen LogP contribution is 2.42. The van der Waals surface area contributed by atoms with Crippen LogP contribution in [0.3, 0.4) is 0 Å². The van der Waals surface area contributed by atoms with Crippen molar-refractivity contribution in [1.82, 2.24) is 0 Å². The number of nitrogens with zero attached hydrogens (tertiary/aromatic N) is 1. The van der Waals surface area contributed by atoms with Crippen molar-refractivity contribution in [2.75, 3.05) is 16.8 Å². The average Bonchev–Trinajstić information content (AvgIpc) is 2.60. The second-order valence-corrected chi connectivity index (χ2v) is 6.20. The predicted molar refractivity (Wildman–Crippen MR) is 85.6 cm³/mol. The zero-order valence-corrected chi connectivity index (χ0v) is 13.3. The maximum absolute atomic E-state index is 12.7. The molecule has 2 amide bonds. The zero-order chi connectivity index (χ0) is 15.6. The van der Waals surface area contributed by atoms with E-state index < -0.39 is 5.41 Å². The van der Waals surface area contributed by atoms with E-state index in [4.69, 9.17) is 0 Å². The molecule has 2 rings (SSSR count). The van der Waals surface area contributed by atoms with Gasteiger partial charge < -0.3 is 10.2 Å². The van der Waals surface area contributed by atoms with Crippen LogP contribution in [0.25, 0.3) is 0 Å². The summed E-state index contributed by atoms with van der Waals surface area (Å²) < 4.78 is 0. The predicted octanol–water partition coefficient (Wildman–Crippen LogP) is 3.46. The SMILES string of the molecule is CCCCCN1C(=O)C(C)(C)c2cc(NC(C)=O)ccc21. The summed E-state index contributed by atoms with van der Waals surface area (Å²) in [6, 6.07) is 5.73. The monoisotopic (exact) mass is 288 g/mol. The van der Waals surface area contributed by atoms with Crippen LogP contribution >= 0.6 is 0 Å². The maximum atomic E-state index is 12.7. The smallest absolute Gasteiger partial charge is 0.237 e. The molecule has 0 saturated carbocycles. The Morgan fingerprint density at radius 1 is 1.29 bits per heavy atom. The molecule has 0 bridgehead atoms. The van der Waals surface area contributed by atoms with Gasteiger partial charge in [-0.1, -0.05) is 19.8 Å². The van der Waals surface area contributed by atoms with E-state index in [1.165, 1.54) is 6.92 Å². The molecular weight excluding hydrogens is 264 g/mol. The Balaban J connectivity index is 2.32. The molecule has 0 saturated heterocycles. The first-order valence-electron chi connectivity index (χ1n) is 7.62. The Bertz CT molecular complexity index is 564. The summed E-state index contributed by atoms with van der Waals surface area (Å²) in [6.07, 6.45) is 3.29. The summed E-state index contributed by atoms with van der Waals surface area (Å²) in [7, 11) is 0. The van der Waals surface area contributed by atoms with Gasteiger partial charge in [-0.2, -0.15) is 0 Å². The zero-order valence-electron chi connectivity index (χ0n) is 13.3. The van der Waals surface area contributed by atoms with Crippen LogP contribution in [0, 0.1) is 0 Å². The first-order chi connectivity index (χ1) is 9.87. The second-order valence-electron chi connectivity index (χ2n) is 6.20. The van der Waals surface area contributed by atoms with Gasteiger partial charge in [-0.25, -0.2) is 0 Å². The molecule has 1 heterocycles. The third-order valence-electron chi connectivity index (χ3n) is 4.05. The fourth-order valence-corrected chi connectivity index (χ4v) is 2.86. The molecule has 0 radical (unpaired) electrons. The highest BCUT2D eigenvalue weighted by atomic mass is 16.2. The molecule has 1 N–H and O–H groups in total. The van der Waals surface area contributed by atoms with E-state index in [-0.39, 0.29) is 11.8 Å². The summed E-state index contributed by atoms with van der Waals surface area (Å²) in [5.74, 6) is 0.0467. The van der Waals surface area contributed by atoms with E-state index >= 15 is 0 Å². The van der Waals surface area contributed by atoms with Crippen molar-refractivity contribution < 1.29 is 9.59 Å². The highest BCUT2D eigenvalue weighted by molar-refractivity contribution is 6.08. The summed E-state index contributed by atoms with van der Waals surface area (Å²) in [4.78, 5) is 25.7. The van der Waals surface area contributed by atoms with Crippen molar-refractivity contribution in [1.29, 1.82) is 0 Å². The van der Waals surface area contributed by atoms with Gasteiger partial charge in [-0.3, -0.25) is 9.59 Å². The maximum Gasteiger partial charge on any atom is 0.237 e. The fraction of sp³-hybridized carbons (Fsp3) is 0.529. The van der Waals surface area contributed by atoms with Crippen molar-refractivity contribution in [3.05, 3.63) is 23.8 Å². The topological polar surface area (TPSA) is 49.4 Å². The number of carbonyl (C=O) groups is 2. The van der Waals surface area contributed by atoms with E-state index in [0.717, 1.165) is 42.7 Å². The van der Waals surface area contributed by atoms with Gasteiger partial charge in [0.15, 0.2) is 0 Å². The molecule has 0 fully saturated rings. The van der Waals surface area contributed by atoms with Gasteiger partial charge in [0.05, 0.1) is 5.41 Å². The molecule has 21 heavy (non-hydrogen) atoms. The van der Waals surface area contributed by atoms with Crippen molar-refractivity contribution in [2.45, 2.75) is 52.4 Å². The number of unbranched alkanes of at least 4 members (excludes halogenated alkanes) is 2. The van der Waals surface area contributed by atoms with E-state index in [0.29, 0.717) is 0 Å². The number of carbonyl (C=O) groups excluding carboxylic acids is 2. The number of anilines is 2. The molecule has 0 spiro atoms. The molecule has 0 aromatic heterocycles. The van der Waals surface area contributed by atoms with Crippen molar-refractivity contribution >= 4 is 23.2 Å². The first kappa shape index (κ1) is 15.5. The van der Waals surface area contributed by atoms with Gasteiger partial charge in [0, 0.05) is 24.8 Å². The Morgan fingerprint density at radius 3 is 2.62 bits per heavy atom. The number of benzene rings is 1. The first-order valence-corrected chi connectivity index (χ1v) is 7.62. The second kappa shape index (κ2) is 5.88. The van der Waals surface area contributed by atoms with Crippen LogP contribution in [0.15, 0.2) is 18.2 Å². The summed E-state index contributed by atoms with van der Waals surface area (Å²) in [5.41, 5.74) is 2.19.